The molecule has 3 unspecified atom stereocenters. The highest BCUT2D eigenvalue weighted by molar-refractivity contribution is 7.47. The van der Waals surface area contributed by atoms with Crippen LogP contribution < -0.4 is 0 Å². The van der Waals surface area contributed by atoms with Crippen molar-refractivity contribution in [2.45, 2.75) is 303 Å². The zero-order chi connectivity index (χ0) is 48.4. The highest BCUT2D eigenvalue weighted by Gasteiger charge is 2.28. The van der Waals surface area contributed by atoms with Gasteiger partial charge in [0.05, 0.1) is 19.8 Å². The van der Waals surface area contributed by atoms with Gasteiger partial charge >= 0.3 is 25.7 Å². The van der Waals surface area contributed by atoms with Crippen LogP contribution in [0.15, 0.2) is 0 Å². The lowest BCUT2D eigenvalue weighted by molar-refractivity contribution is -0.161. The number of phosphoric acid groups is 1. The minimum atomic E-state index is -4.73. The Morgan fingerprint density at radius 1 is 0.364 bits per heavy atom. The van der Waals surface area contributed by atoms with Crippen LogP contribution in [0.1, 0.15) is 290 Å². The second kappa shape index (κ2) is 49.9. The number of aliphatic hydroxyl groups is 1. The molecule has 0 aliphatic rings. The van der Waals surface area contributed by atoms with Crippen LogP contribution in [0.5, 0.6) is 0 Å². The van der Waals surface area contributed by atoms with Gasteiger partial charge in [-0.25, -0.2) is 4.57 Å². The molecule has 3 atom stereocenters. The van der Waals surface area contributed by atoms with E-state index in [0.29, 0.717) is 19.3 Å². The molecule has 0 aromatic heterocycles. The van der Waals surface area contributed by atoms with Crippen LogP contribution in [0.4, 0.5) is 0 Å². The Morgan fingerprint density at radius 2 is 0.606 bits per heavy atom. The molecule has 0 heterocycles. The second-order valence-corrected chi connectivity index (χ2v) is 20.6. The Labute approximate surface area is 405 Å². The highest BCUT2D eigenvalue weighted by atomic mass is 31.2. The molecule has 0 fully saturated rings. The van der Waals surface area contributed by atoms with Gasteiger partial charge in [-0.1, -0.05) is 252 Å². The third-order valence-electron chi connectivity index (χ3n) is 12.5. The van der Waals surface area contributed by atoms with Gasteiger partial charge < -0.3 is 24.2 Å². The summed E-state index contributed by atoms with van der Waals surface area (Å²) < 4.78 is 39.4. The molecule has 66 heavy (non-hydrogen) atoms. The molecule has 0 aromatic rings. The van der Waals surface area contributed by atoms with Gasteiger partial charge in [0.15, 0.2) is 6.10 Å². The first kappa shape index (κ1) is 64.5. The van der Waals surface area contributed by atoms with Crippen molar-refractivity contribution >= 4 is 25.7 Å². The smallest absolute Gasteiger partial charge is 0.462 e. The van der Waals surface area contributed by atoms with Crippen LogP contribution in [0.3, 0.4) is 0 Å². The molecule has 0 rings (SSSR count). The van der Waals surface area contributed by atoms with E-state index in [1.54, 1.807) is 0 Å². The number of ether oxygens (including phenoxy) is 3. The summed E-state index contributed by atoms with van der Waals surface area (Å²) in [6.07, 6.45) is 45.1. The van der Waals surface area contributed by atoms with Crippen LogP contribution in [0.2, 0.25) is 0 Å². The zero-order valence-electron chi connectivity index (χ0n) is 43.2. The fraction of sp³-hybridized carbons (Fsp3) is 0.944. The average molecular weight is 961 g/mol. The number of aliphatic hydroxyl groups excluding tert-OH is 1. The van der Waals surface area contributed by atoms with Gasteiger partial charge in [-0.2, -0.15) is 0 Å². The zero-order valence-corrected chi connectivity index (χ0v) is 44.1. The lowest BCUT2D eigenvalue weighted by Gasteiger charge is -2.21. The average Bonchev–Trinajstić information content (AvgIpc) is 3.30. The van der Waals surface area contributed by atoms with Crippen molar-refractivity contribution in [2.75, 3.05) is 26.4 Å². The van der Waals surface area contributed by atoms with Crippen LogP contribution >= 0.6 is 7.82 Å². The summed E-state index contributed by atoms with van der Waals surface area (Å²) in [5, 5.41) is 9.76. The topological polar surface area (TPSA) is 155 Å². The van der Waals surface area contributed by atoms with Gasteiger partial charge in [-0.15, -0.1) is 0 Å². The van der Waals surface area contributed by atoms with E-state index in [0.717, 1.165) is 57.8 Å². The molecular formula is C54H105O11P. The van der Waals surface area contributed by atoms with Crippen molar-refractivity contribution in [3.05, 3.63) is 0 Å². The van der Waals surface area contributed by atoms with Gasteiger partial charge in [0.25, 0.3) is 0 Å². The largest absolute Gasteiger partial charge is 0.472 e. The molecule has 0 aromatic carbocycles. The number of carbonyl (C=O) groups excluding carboxylic acids is 3. The number of hydrogen-bond donors (Lipinski definition) is 2. The molecule has 12 heteroatoms. The lowest BCUT2D eigenvalue weighted by atomic mass is 10.0. The molecule has 0 amide bonds. The molecular weight excluding hydrogens is 856 g/mol. The van der Waals surface area contributed by atoms with E-state index in [-0.39, 0.29) is 25.9 Å². The normalized spacial score (nSPS) is 13.3. The summed E-state index contributed by atoms with van der Waals surface area (Å²) in [7, 11) is -4.73. The minimum Gasteiger partial charge on any atom is -0.462 e. The van der Waals surface area contributed by atoms with Gasteiger partial charge in [-0.05, 0) is 19.3 Å². The Balaban J connectivity index is 4.59. The molecule has 0 bridgehead atoms. The van der Waals surface area contributed by atoms with Gasteiger partial charge in [0, 0.05) is 19.3 Å². The molecule has 0 radical (unpaired) electrons. The molecule has 0 spiro atoms. The first-order valence-corrected chi connectivity index (χ1v) is 29.4. The lowest BCUT2D eigenvalue weighted by Crippen LogP contribution is -2.30. The molecule has 0 saturated heterocycles. The maximum absolute atomic E-state index is 12.9. The van der Waals surface area contributed by atoms with E-state index in [4.69, 9.17) is 23.3 Å². The molecule has 11 nitrogen and oxygen atoms in total. The highest BCUT2D eigenvalue weighted by Crippen LogP contribution is 2.43. The molecule has 2 N–H and O–H groups in total. The summed E-state index contributed by atoms with van der Waals surface area (Å²) in [5.41, 5.74) is 0. The van der Waals surface area contributed by atoms with Crippen LogP contribution in [0, 0.1) is 0 Å². The first-order chi connectivity index (χ1) is 32.2. The van der Waals surface area contributed by atoms with Crippen molar-refractivity contribution in [2.24, 2.45) is 0 Å². The third kappa shape index (κ3) is 47.5. The van der Waals surface area contributed by atoms with E-state index >= 15 is 0 Å². The third-order valence-corrected chi connectivity index (χ3v) is 13.5. The van der Waals surface area contributed by atoms with Gasteiger partial charge in [0.2, 0.25) is 0 Å². The van der Waals surface area contributed by atoms with Gasteiger partial charge in [0.1, 0.15) is 12.7 Å². The number of hydrogen-bond acceptors (Lipinski definition) is 10. The maximum atomic E-state index is 12.9. The fourth-order valence-corrected chi connectivity index (χ4v) is 9.02. The number of esters is 3. The van der Waals surface area contributed by atoms with E-state index in [2.05, 4.69) is 20.8 Å². The molecule has 392 valence electrons. The van der Waals surface area contributed by atoms with Crippen molar-refractivity contribution in [3.63, 3.8) is 0 Å². The van der Waals surface area contributed by atoms with Crippen LogP contribution in [0.25, 0.3) is 0 Å². The number of phosphoric ester groups is 1. The number of carbonyl (C=O) groups is 3. The minimum absolute atomic E-state index is 0.178. The predicted molar refractivity (Wildman–Crippen MR) is 270 cm³/mol. The summed E-state index contributed by atoms with van der Waals surface area (Å²) in [6.45, 7) is 4.67. The number of rotatable bonds is 53. The molecule has 0 saturated carbocycles. The van der Waals surface area contributed by atoms with Crippen molar-refractivity contribution < 1.29 is 52.2 Å². The van der Waals surface area contributed by atoms with E-state index < -0.39 is 57.8 Å². The van der Waals surface area contributed by atoms with Crippen LogP contribution in [-0.4, -0.2) is 66.5 Å². The Hall–Kier alpha value is -1.52. The maximum Gasteiger partial charge on any atom is 0.472 e. The van der Waals surface area contributed by atoms with E-state index in [1.807, 2.05) is 0 Å². The summed E-state index contributed by atoms with van der Waals surface area (Å²) in [5.74, 6) is -1.44. The van der Waals surface area contributed by atoms with Crippen LogP contribution in [-0.2, 0) is 42.2 Å². The second-order valence-electron chi connectivity index (χ2n) is 19.1. The number of unbranched alkanes of at least 4 members (excludes halogenated alkanes) is 36. The van der Waals surface area contributed by atoms with Crippen molar-refractivity contribution in [1.29, 1.82) is 0 Å². The van der Waals surface area contributed by atoms with Gasteiger partial charge in [-0.3, -0.25) is 23.4 Å². The van der Waals surface area contributed by atoms with E-state index in [9.17, 15) is 28.9 Å². The molecule has 0 aliphatic carbocycles. The quantitative estimate of drug-likeness (QED) is 0.0259. The standard InChI is InChI=1S/C54H105O11P/c1-4-7-10-13-16-19-21-22-23-24-25-26-27-28-30-33-36-39-42-45-54(58)65-51(47-61-52(56)43-40-37-34-31-18-15-12-9-6-3)49-63-66(59,60)62-48-50(46-55)64-53(57)44-41-38-35-32-29-20-17-14-11-8-5-2/h50-51,55H,4-49H2,1-3H3,(H,59,60). The van der Waals surface area contributed by atoms with E-state index in [1.165, 1.54) is 173 Å². The Kier molecular flexibility index (Phi) is 48.7. The Bertz CT molecular complexity index is 1120. The SMILES string of the molecule is CCCCCCCCCCCCCCCCCCCCCC(=O)OC(COC(=O)CCCCCCCCCCC)COP(=O)(O)OCC(CO)OC(=O)CCCCCCCCCCCCC. The fourth-order valence-electron chi connectivity index (χ4n) is 8.24. The molecule has 0 aliphatic heterocycles. The van der Waals surface area contributed by atoms with Crippen molar-refractivity contribution in [3.8, 4) is 0 Å². The summed E-state index contributed by atoms with van der Waals surface area (Å²) in [4.78, 5) is 48.3. The monoisotopic (exact) mass is 961 g/mol. The predicted octanol–water partition coefficient (Wildman–Crippen LogP) is 15.9. The summed E-state index contributed by atoms with van der Waals surface area (Å²) >= 11 is 0. The first-order valence-electron chi connectivity index (χ1n) is 27.9. The summed E-state index contributed by atoms with van der Waals surface area (Å²) in [6, 6.07) is 0. The van der Waals surface area contributed by atoms with Crippen molar-refractivity contribution in [1.82, 2.24) is 0 Å². The Morgan fingerprint density at radius 3 is 0.894 bits per heavy atom.